The van der Waals surface area contributed by atoms with E-state index in [1.165, 1.54) is 17.0 Å². The van der Waals surface area contributed by atoms with Gasteiger partial charge in [0.25, 0.3) is 0 Å². The summed E-state index contributed by atoms with van der Waals surface area (Å²) >= 11 is 0. The van der Waals surface area contributed by atoms with E-state index < -0.39 is 43.0 Å². The Morgan fingerprint density at radius 2 is 1.34 bits per heavy atom. The molecular weight excluding hydrogens is 458 g/mol. The highest BCUT2D eigenvalue weighted by molar-refractivity contribution is 5.87. The topological polar surface area (TPSA) is 159 Å². The van der Waals surface area contributed by atoms with Crippen LogP contribution in [0.25, 0.3) is 0 Å². The highest BCUT2D eigenvalue weighted by atomic mass is 16.4. The first-order valence-electron chi connectivity index (χ1n) is 11.6. The Labute approximate surface area is 204 Å². The van der Waals surface area contributed by atoms with E-state index in [0.717, 1.165) is 25.7 Å². The lowest BCUT2D eigenvalue weighted by Gasteiger charge is -2.44. The van der Waals surface area contributed by atoms with Gasteiger partial charge in [-0.05, 0) is 51.1 Å². The zero-order valence-electron chi connectivity index (χ0n) is 20.2. The summed E-state index contributed by atoms with van der Waals surface area (Å²) in [6, 6.07) is 5.51. The minimum atomic E-state index is -1.19. The number of hydrogen-bond donors (Lipinski definition) is 4. The van der Waals surface area contributed by atoms with Crippen LogP contribution >= 0.6 is 0 Å². The van der Waals surface area contributed by atoms with Gasteiger partial charge in [0.1, 0.15) is 0 Å². The van der Waals surface area contributed by atoms with E-state index in [1.54, 1.807) is 12.1 Å². The molecular formula is C24H35N3O8. The average molecular weight is 494 g/mol. The van der Waals surface area contributed by atoms with Crippen LogP contribution in [0.3, 0.4) is 0 Å². The molecule has 0 bridgehead atoms. The molecule has 11 heteroatoms. The Morgan fingerprint density at radius 1 is 0.829 bits per heavy atom. The van der Waals surface area contributed by atoms with E-state index in [9.17, 15) is 34.5 Å². The molecule has 0 aromatic heterocycles. The molecule has 1 fully saturated rings. The van der Waals surface area contributed by atoms with Crippen LogP contribution in [0.5, 0.6) is 0 Å². The number of rotatable bonds is 14. The van der Waals surface area contributed by atoms with Gasteiger partial charge in [-0.3, -0.25) is 24.2 Å². The van der Waals surface area contributed by atoms with E-state index in [0.29, 0.717) is 5.56 Å². The molecule has 3 atom stereocenters. The second kappa shape index (κ2) is 13.2. The van der Waals surface area contributed by atoms with Gasteiger partial charge in [-0.15, -0.1) is 0 Å². The number of aromatic carboxylic acids is 1. The molecule has 0 heterocycles. The van der Waals surface area contributed by atoms with Crippen LogP contribution in [0.2, 0.25) is 0 Å². The molecule has 194 valence electrons. The van der Waals surface area contributed by atoms with Gasteiger partial charge in [0, 0.05) is 24.7 Å². The maximum atomic E-state index is 11.8. The minimum absolute atomic E-state index is 0.0803. The molecule has 2 rings (SSSR count). The molecule has 1 aliphatic rings. The normalized spacial score (nSPS) is 19.1. The zero-order valence-corrected chi connectivity index (χ0v) is 20.2. The summed E-state index contributed by atoms with van der Waals surface area (Å²) in [7, 11) is 3.90. The fraction of sp³-hybridized carbons (Fsp3) is 0.583. The van der Waals surface area contributed by atoms with Crippen molar-refractivity contribution in [3.8, 4) is 0 Å². The number of hydrogen-bond acceptors (Lipinski definition) is 7. The predicted molar refractivity (Wildman–Crippen MR) is 127 cm³/mol. The number of aliphatic carboxylic acids is 3. The Balaban J connectivity index is 2.41. The number of carboxylic acid groups (broad SMARTS) is 4. The van der Waals surface area contributed by atoms with Crippen LogP contribution in [0.15, 0.2) is 24.3 Å². The fourth-order valence-electron chi connectivity index (χ4n) is 4.91. The van der Waals surface area contributed by atoms with Crippen molar-refractivity contribution in [2.75, 3.05) is 40.3 Å². The highest BCUT2D eigenvalue weighted by Gasteiger charge is 2.35. The first kappa shape index (κ1) is 28.2. The van der Waals surface area contributed by atoms with Crippen LogP contribution in [0.1, 0.15) is 41.6 Å². The number of carbonyl (C=O) groups is 4. The SMILES string of the molecule is CN(C)C1CCCCC1N(CC(=O)O)CC(Cc1ccc(C(=O)O)cc1)N(CC(=O)O)CC(=O)O. The Hall–Kier alpha value is -3.02. The van der Waals surface area contributed by atoms with Gasteiger partial charge in [0.15, 0.2) is 0 Å². The molecule has 0 spiro atoms. The van der Waals surface area contributed by atoms with Crippen molar-refractivity contribution in [1.29, 1.82) is 0 Å². The van der Waals surface area contributed by atoms with Crippen LogP contribution in [0, 0.1) is 0 Å². The molecule has 4 N–H and O–H groups in total. The van der Waals surface area contributed by atoms with Crippen molar-refractivity contribution in [3.63, 3.8) is 0 Å². The number of benzene rings is 1. The van der Waals surface area contributed by atoms with Crippen molar-refractivity contribution in [3.05, 3.63) is 35.4 Å². The van der Waals surface area contributed by atoms with E-state index in [1.807, 2.05) is 19.0 Å². The molecule has 0 radical (unpaired) electrons. The molecule has 0 amide bonds. The van der Waals surface area contributed by atoms with E-state index in [-0.39, 0.29) is 37.2 Å². The van der Waals surface area contributed by atoms with Gasteiger partial charge in [-0.25, -0.2) is 4.79 Å². The van der Waals surface area contributed by atoms with Crippen molar-refractivity contribution >= 4 is 23.9 Å². The Bertz CT molecular complexity index is 873. The Morgan fingerprint density at radius 3 is 1.80 bits per heavy atom. The molecule has 11 nitrogen and oxygen atoms in total. The smallest absolute Gasteiger partial charge is 0.335 e. The molecule has 35 heavy (non-hydrogen) atoms. The number of likely N-dealkylation sites (N-methyl/N-ethyl adjacent to an activating group) is 1. The van der Waals surface area contributed by atoms with Crippen LogP contribution in [-0.2, 0) is 20.8 Å². The summed E-state index contributed by atoms with van der Waals surface area (Å²) in [6.07, 6.45) is 3.90. The van der Waals surface area contributed by atoms with Crippen LogP contribution < -0.4 is 0 Å². The third-order valence-electron chi connectivity index (χ3n) is 6.48. The monoisotopic (exact) mass is 493 g/mol. The summed E-state index contributed by atoms with van der Waals surface area (Å²) in [6.45, 7) is -1.14. The van der Waals surface area contributed by atoms with Gasteiger partial charge in [-0.1, -0.05) is 25.0 Å². The second-order valence-electron chi connectivity index (χ2n) is 9.26. The standard InChI is InChI=1S/C24H35N3O8/c1-25(2)19-5-3-4-6-20(19)27(15-23(32)33)12-18(26(13-21(28)29)14-22(30)31)11-16-7-9-17(10-8-16)24(34)35/h7-10,18-20H,3-6,11-15H2,1-2H3,(H,28,29)(H,30,31)(H,32,33)(H,34,35). The van der Waals surface area contributed by atoms with Gasteiger partial charge in [-0.2, -0.15) is 0 Å². The summed E-state index contributed by atoms with van der Waals surface area (Å²) < 4.78 is 0. The maximum Gasteiger partial charge on any atom is 0.335 e. The lowest BCUT2D eigenvalue weighted by Crippen LogP contribution is -2.57. The lowest BCUT2D eigenvalue weighted by atomic mass is 9.87. The average Bonchev–Trinajstić information content (AvgIpc) is 2.77. The van der Waals surface area contributed by atoms with Crippen molar-refractivity contribution in [2.45, 2.75) is 50.2 Å². The predicted octanol–water partition coefficient (Wildman–Crippen LogP) is 1.03. The lowest BCUT2D eigenvalue weighted by molar-refractivity contribution is -0.145. The molecule has 1 aromatic carbocycles. The number of nitrogens with zero attached hydrogens (tertiary/aromatic N) is 3. The molecule has 1 aliphatic carbocycles. The molecule has 3 unspecified atom stereocenters. The summed E-state index contributed by atoms with van der Waals surface area (Å²) in [5, 5.41) is 37.7. The zero-order chi connectivity index (χ0) is 26.1. The molecule has 0 aliphatic heterocycles. The fourth-order valence-corrected chi connectivity index (χ4v) is 4.91. The largest absolute Gasteiger partial charge is 0.480 e. The van der Waals surface area contributed by atoms with Gasteiger partial charge in [0.2, 0.25) is 0 Å². The van der Waals surface area contributed by atoms with Gasteiger partial charge >= 0.3 is 23.9 Å². The van der Waals surface area contributed by atoms with Crippen LogP contribution in [-0.4, -0.2) is 117 Å². The summed E-state index contributed by atoms with van der Waals surface area (Å²) in [5.74, 6) is -4.47. The van der Waals surface area contributed by atoms with Crippen molar-refractivity contribution in [2.24, 2.45) is 0 Å². The van der Waals surface area contributed by atoms with Gasteiger partial charge < -0.3 is 25.3 Å². The minimum Gasteiger partial charge on any atom is -0.480 e. The van der Waals surface area contributed by atoms with Gasteiger partial charge in [0.05, 0.1) is 25.2 Å². The maximum absolute atomic E-state index is 11.8. The number of carboxylic acids is 4. The summed E-state index contributed by atoms with van der Waals surface area (Å²) in [4.78, 5) is 51.3. The van der Waals surface area contributed by atoms with Crippen LogP contribution in [0.4, 0.5) is 0 Å². The first-order chi connectivity index (χ1) is 16.5. The van der Waals surface area contributed by atoms with E-state index in [4.69, 9.17) is 5.11 Å². The van der Waals surface area contributed by atoms with Crippen molar-refractivity contribution in [1.82, 2.24) is 14.7 Å². The third kappa shape index (κ3) is 8.93. The first-order valence-corrected chi connectivity index (χ1v) is 11.6. The van der Waals surface area contributed by atoms with E-state index >= 15 is 0 Å². The second-order valence-corrected chi connectivity index (χ2v) is 9.26. The van der Waals surface area contributed by atoms with Crippen molar-refractivity contribution < 1.29 is 39.6 Å². The van der Waals surface area contributed by atoms with E-state index in [2.05, 4.69) is 4.90 Å². The molecule has 0 saturated heterocycles. The highest BCUT2D eigenvalue weighted by Crippen LogP contribution is 2.27. The summed E-state index contributed by atoms with van der Waals surface area (Å²) in [5.41, 5.74) is 0.797. The third-order valence-corrected chi connectivity index (χ3v) is 6.48. The Kier molecular flexibility index (Phi) is 10.6. The molecule has 1 aromatic rings. The molecule has 1 saturated carbocycles. The quantitative estimate of drug-likeness (QED) is 0.293.